The van der Waals surface area contributed by atoms with E-state index in [0.717, 1.165) is 29.7 Å². The number of fused-ring (bicyclic) bond motifs is 3. The van der Waals surface area contributed by atoms with Gasteiger partial charge in [0.25, 0.3) is 5.91 Å². The van der Waals surface area contributed by atoms with Gasteiger partial charge in [0.2, 0.25) is 5.82 Å². The van der Waals surface area contributed by atoms with Crippen molar-refractivity contribution in [2.45, 2.75) is 25.4 Å². The van der Waals surface area contributed by atoms with Crippen LogP contribution in [0.3, 0.4) is 0 Å². The average molecular weight is 360 g/mol. The normalized spacial score (nSPS) is 18.9. The molecule has 2 N–H and O–H groups in total. The molecular formula is C15H9F5N2OS. The lowest BCUT2D eigenvalue weighted by atomic mass is 10.0. The first-order valence-electron chi connectivity index (χ1n) is 7.13. The number of amides is 1. The number of benzene rings is 1. The second-order valence-corrected chi connectivity index (χ2v) is 6.70. The fourth-order valence-electron chi connectivity index (χ4n) is 3.14. The van der Waals surface area contributed by atoms with E-state index in [9.17, 15) is 26.7 Å². The van der Waals surface area contributed by atoms with Gasteiger partial charge in [0, 0.05) is 4.88 Å². The van der Waals surface area contributed by atoms with Crippen molar-refractivity contribution in [2.24, 2.45) is 0 Å². The van der Waals surface area contributed by atoms with Crippen LogP contribution < -0.4 is 10.6 Å². The van der Waals surface area contributed by atoms with Crippen molar-refractivity contribution >= 4 is 22.2 Å². The molecule has 24 heavy (non-hydrogen) atoms. The zero-order chi connectivity index (χ0) is 17.2. The van der Waals surface area contributed by atoms with Gasteiger partial charge in [0.05, 0.1) is 11.1 Å². The maximum absolute atomic E-state index is 13.9. The van der Waals surface area contributed by atoms with E-state index in [0.29, 0.717) is 10.6 Å². The Morgan fingerprint density at radius 3 is 2.17 bits per heavy atom. The number of anilines is 1. The summed E-state index contributed by atoms with van der Waals surface area (Å²) in [6.07, 6.45) is 0.912. The number of halogens is 5. The average Bonchev–Trinajstić information content (AvgIpc) is 3.11. The van der Waals surface area contributed by atoms with Gasteiger partial charge in [-0.3, -0.25) is 4.79 Å². The van der Waals surface area contributed by atoms with E-state index in [1.54, 1.807) is 0 Å². The van der Waals surface area contributed by atoms with Crippen molar-refractivity contribution in [2.75, 3.05) is 5.32 Å². The maximum Gasteiger partial charge on any atom is 0.256 e. The van der Waals surface area contributed by atoms with Crippen molar-refractivity contribution in [3.63, 3.8) is 0 Å². The van der Waals surface area contributed by atoms with Crippen LogP contribution in [0.15, 0.2) is 0 Å². The largest absolute Gasteiger partial charge is 0.352 e. The summed E-state index contributed by atoms with van der Waals surface area (Å²) in [6.45, 7) is 0. The molecule has 1 aromatic heterocycles. The fraction of sp³-hybridized carbons (Fsp3) is 0.267. The van der Waals surface area contributed by atoms with Crippen LogP contribution in [0.5, 0.6) is 0 Å². The highest BCUT2D eigenvalue weighted by atomic mass is 32.1. The second-order valence-electron chi connectivity index (χ2n) is 5.60. The summed E-state index contributed by atoms with van der Waals surface area (Å²) in [4.78, 5) is 13.3. The molecule has 0 bridgehead atoms. The van der Waals surface area contributed by atoms with Crippen LogP contribution in [0.4, 0.5) is 27.0 Å². The van der Waals surface area contributed by atoms with Crippen molar-refractivity contribution in [3.05, 3.63) is 50.7 Å². The van der Waals surface area contributed by atoms with Gasteiger partial charge in [-0.1, -0.05) is 0 Å². The quantitative estimate of drug-likeness (QED) is 0.462. The molecule has 2 heterocycles. The summed E-state index contributed by atoms with van der Waals surface area (Å²) in [5.41, 5.74) is 0.183. The molecule has 4 rings (SSSR count). The van der Waals surface area contributed by atoms with Crippen LogP contribution in [0.1, 0.15) is 38.9 Å². The lowest BCUT2D eigenvalue weighted by Crippen LogP contribution is -2.39. The summed E-state index contributed by atoms with van der Waals surface area (Å²) in [5.74, 6) is -10.8. The van der Waals surface area contributed by atoms with Gasteiger partial charge in [-0.25, -0.2) is 22.0 Å². The van der Waals surface area contributed by atoms with Gasteiger partial charge >= 0.3 is 0 Å². The lowest BCUT2D eigenvalue weighted by Gasteiger charge is -2.27. The zero-order valence-electron chi connectivity index (χ0n) is 11.9. The Labute approximate surface area is 136 Å². The van der Waals surface area contributed by atoms with Crippen LogP contribution in [0, 0.1) is 29.1 Å². The molecule has 1 unspecified atom stereocenters. The fourth-order valence-corrected chi connectivity index (χ4v) is 4.45. The molecule has 1 aliphatic heterocycles. The topological polar surface area (TPSA) is 41.1 Å². The van der Waals surface area contributed by atoms with Gasteiger partial charge in [-0.05, 0) is 24.8 Å². The van der Waals surface area contributed by atoms with Gasteiger partial charge in [0.1, 0.15) is 11.2 Å². The van der Waals surface area contributed by atoms with E-state index in [4.69, 9.17) is 0 Å². The predicted molar refractivity (Wildman–Crippen MR) is 76.4 cm³/mol. The van der Waals surface area contributed by atoms with Gasteiger partial charge < -0.3 is 10.6 Å². The summed E-state index contributed by atoms with van der Waals surface area (Å²) < 4.78 is 67.8. The molecular weight excluding hydrogens is 351 g/mol. The number of carbonyl (C=O) groups excluding carboxylic acids is 1. The van der Waals surface area contributed by atoms with E-state index < -0.39 is 46.7 Å². The molecule has 0 saturated carbocycles. The van der Waals surface area contributed by atoms with Gasteiger partial charge in [0.15, 0.2) is 23.3 Å². The van der Waals surface area contributed by atoms with E-state index in [2.05, 4.69) is 10.6 Å². The van der Waals surface area contributed by atoms with Crippen LogP contribution in [0.2, 0.25) is 0 Å². The molecule has 0 spiro atoms. The van der Waals surface area contributed by atoms with Gasteiger partial charge in [-0.2, -0.15) is 0 Å². The highest BCUT2D eigenvalue weighted by Gasteiger charge is 2.37. The highest BCUT2D eigenvalue weighted by Crippen LogP contribution is 2.43. The Kier molecular flexibility index (Phi) is 3.31. The number of carbonyl (C=O) groups is 1. The third-order valence-electron chi connectivity index (χ3n) is 4.23. The Morgan fingerprint density at radius 2 is 1.50 bits per heavy atom. The summed E-state index contributed by atoms with van der Waals surface area (Å²) in [6, 6.07) is 0. The Balaban J connectivity index is 1.81. The number of nitrogens with one attached hydrogen (secondary N) is 2. The van der Waals surface area contributed by atoms with E-state index in [1.165, 1.54) is 11.3 Å². The first kappa shape index (κ1) is 15.4. The minimum Gasteiger partial charge on any atom is -0.352 e. The Bertz CT molecular complexity index is 866. The Hall–Kier alpha value is -2.16. The van der Waals surface area contributed by atoms with Crippen molar-refractivity contribution in [3.8, 4) is 0 Å². The smallest absolute Gasteiger partial charge is 0.256 e. The summed E-state index contributed by atoms with van der Waals surface area (Å²) >= 11 is 1.27. The predicted octanol–water partition coefficient (Wildman–Crippen LogP) is 3.79. The molecule has 1 aliphatic carbocycles. The molecule has 0 radical (unpaired) electrons. The molecule has 3 nitrogen and oxygen atoms in total. The summed E-state index contributed by atoms with van der Waals surface area (Å²) in [5, 5.41) is 5.35. The van der Waals surface area contributed by atoms with Crippen LogP contribution in [-0.2, 0) is 12.8 Å². The molecule has 1 amide bonds. The third kappa shape index (κ3) is 1.97. The minimum atomic E-state index is -2.23. The number of rotatable bonds is 1. The first-order valence-corrected chi connectivity index (χ1v) is 7.95. The molecule has 9 heteroatoms. The standard InChI is InChI=1S/C15H9F5N2OS/c16-8-7(9(17)11(19)12(20)10(8)18)13-21-14(23)6-4-2-1-3-5(4)24-15(6)22-13/h13,22H,1-3H2,(H,21,23). The number of hydrogen-bond acceptors (Lipinski definition) is 3. The number of thiophene rings is 1. The lowest BCUT2D eigenvalue weighted by molar-refractivity contribution is 0.0934. The second kappa shape index (κ2) is 5.17. The molecule has 1 atom stereocenters. The van der Waals surface area contributed by atoms with Crippen LogP contribution >= 0.6 is 11.3 Å². The van der Waals surface area contributed by atoms with Crippen LogP contribution in [0.25, 0.3) is 0 Å². The van der Waals surface area contributed by atoms with E-state index >= 15 is 0 Å². The van der Waals surface area contributed by atoms with Crippen molar-refractivity contribution in [1.82, 2.24) is 5.32 Å². The van der Waals surface area contributed by atoms with Crippen molar-refractivity contribution in [1.29, 1.82) is 0 Å². The molecule has 2 aromatic rings. The van der Waals surface area contributed by atoms with E-state index in [-0.39, 0.29) is 0 Å². The molecule has 126 valence electrons. The maximum atomic E-state index is 13.9. The number of aryl methyl sites for hydroxylation is 1. The Morgan fingerprint density at radius 1 is 0.875 bits per heavy atom. The monoisotopic (exact) mass is 360 g/mol. The van der Waals surface area contributed by atoms with E-state index in [1.807, 2.05) is 0 Å². The molecule has 0 fully saturated rings. The molecule has 1 aromatic carbocycles. The SMILES string of the molecule is O=C1NC(c2c(F)c(F)c(F)c(F)c2F)Nc2sc3c(c21)CCC3. The zero-order valence-corrected chi connectivity index (χ0v) is 12.7. The van der Waals surface area contributed by atoms with Crippen LogP contribution in [-0.4, -0.2) is 5.91 Å². The first-order chi connectivity index (χ1) is 11.4. The molecule has 2 aliphatic rings. The minimum absolute atomic E-state index is 0.386. The highest BCUT2D eigenvalue weighted by molar-refractivity contribution is 7.16. The molecule has 0 saturated heterocycles. The van der Waals surface area contributed by atoms with Crippen molar-refractivity contribution < 1.29 is 26.7 Å². The number of hydrogen-bond donors (Lipinski definition) is 2. The van der Waals surface area contributed by atoms with Gasteiger partial charge in [-0.15, -0.1) is 11.3 Å². The third-order valence-corrected chi connectivity index (χ3v) is 5.45. The summed E-state index contributed by atoms with van der Waals surface area (Å²) in [7, 11) is 0.